The minimum Gasteiger partial charge on any atom is -0.325 e. The molecular formula is C12H24N2. The average Bonchev–Trinajstić information content (AvgIpc) is 2.91. The highest BCUT2D eigenvalue weighted by molar-refractivity contribution is 4.91. The van der Waals surface area contributed by atoms with Crippen LogP contribution in [0.15, 0.2) is 0 Å². The molecule has 0 unspecified atom stereocenters. The first-order chi connectivity index (χ1) is 6.73. The fourth-order valence-corrected chi connectivity index (χ4v) is 2.73. The summed E-state index contributed by atoms with van der Waals surface area (Å²) in [5.41, 5.74) is 6.55. The van der Waals surface area contributed by atoms with Crippen LogP contribution in [0.25, 0.3) is 0 Å². The van der Waals surface area contributed by atoms with E-state index < -0.39 is 0 Å². The van der Waals surface area contributed by atoms with Crippen molar-refractivity contribution in [2.75, 3.05) is 13.1 Å². The van der Waals surface area contributed by atoms with Gasteiger partial charge in [-0.3, -0.25) is 0 Å². The van der Waals surface area contributed by atoms with Crippen LogP contribution in [0.3, 0.4) is 0 Å². The molecule has 14 heavy (non-hydrogen) atoms. The lowest BCUT2D eigenvalue weighted by Crippen LogP contribution is -2.41. The highest BCUT2D eigenvalue weighted by Gasteiger charge is 2.32. The molecule has 0 saturated heterocycles. The lowest BCUT2D eigenvalue weighted by Gasteiger charge is -2.28. The van der Waals surface area contributed by atoms with Crippen molar-refractivity contribution in [3.63, 3.8) is 0 Å². The minimum atomic E-state index is 0.197. The van der Waals surface area contributed by atoms with Gasteiger partial charge < -0.3 is 10.6 Å². The summed E-state index contributed by atoms with van der Waals surface area (Å²) in [6, 6.07) is 0.907. The maximum absolute atomic E-state index is 6.36. The number of nitrogens with zero attached hydrogens (tertiary/aromatic N) is 1. The zero-order valence-corrected chi connectivity index (χ0v) is 9.47. The quantitative estimate of drug-likeness (QED) is 0.730. The summed E-state index contributed by atoms with van der Waals surface area (Å²) < 4.78 is 0. The second-order valence-electron chi connectivity index (χ2n) is 5.18. The van der Waals surface area contributed by atoms with Crippen LogP contribution in [0.2, 0.25) is 0 Å². The third-order valence-corrected chi connectivity index (χ3v) is 3.97. The van der Waals surface area contributed by atoms with E-state index in [0.29, 0.717) is 0 Å². The number of hydrogen-bond donors (Lipinski definition) is 1. The molecule has 0 heterocycles. The van der Waals surface area contributed by atoms with Gasteiger partial charge >= 0.3 is 0 Å². The zero-order valence-electron chi connectivity index (χ0n) is 9.47. The Morgan fingerprint density at radius 1 is 1.29 bits per heavy atom. The van der Waals surface area contributed by atoms with Crippen molar-refractivity contribution in [1.29, 1.82) is 0 Å². The largest absolute Gasteiger partial charge is 0.325 e. The van der Waals surface area contributed by atoms with Gasteiger partial charge in [0.2, 0.25) is 0 Å². The van der Waals surface area contributed by atoms with E-state index in [4.69, 9.17) is 5.73 Å². The molecule has 2 rings (SSSR count). The van der Waals surface area contributed by atoms with Gasteiger partial charge in [0.25, 0.3) is 0 Å². The van der Waals surface area contributed by atoms with E-state index in [2.05, 4.69) is 11.8 Å². The van der Waals surface area contributed by atoms with Gasteiger partial charge in [-0.15, -0.1) is 0 Å². The third-order valence-electron chi connectivity index (χ3n) is 3.97. The van der Waals surface area contributed by atoms with Crippen LogP contribution >= 0.6 is 0 Å². The van der Waals surface area contributed by atoms with E-state index >= 15 is 0 Å². The van der Waals surface area contributed by atoms with E-state index in [-0.39, 0.29) is 5.54 Å². The second-order valence-corrected chi connectivity index (χ2v) is 5.18. The van der Waals surface area contributed by atoms with Crippen LogP contribution in [0.5, 0.6) is 0 Å². The summed E-state index contributed by atoms with van der Waals surface area (Å²) in [4.78, 5) is 2.62. The molecule has 0 aromatic heterocycles. The van der Waals surface area contributed by atoms with Crippen LogP contribution in [0, 0.1) is 0 Å². The van der Waals surface area contributed by atoms with Gasteiger partial charge in [0.15, 0.2) is 0 Å². The third kappa shape index (κ3) is 2.48. The van der Waals surface area contributed by atoms with E-state index in [1.54, 1.807) is 0 Å². The summed E-state index contributed by atoms with van der Waals surface area (Å²) in [5, 5.41) is 0. The number of rotatable bonds is 5. The summed E-state index contributed by atoms with van der Waals surface area (Å²) in [6.07, 6.45) is 9.29. The second kappa shape index (κ2) is 4.19. The van der Waals surface area contributed by atoms with Crippen LogP contribution in [-0.2, 0) is 0 Å². The number of hydrogen-bond acceptors (Lipinski definition) is 2. The van der Waals surface area contributed by atoms with Gasteiger partial charge in [-0.2, -0.15) is 0 Å². The molecule has 2 heteroatoms. The fraction of sp³-hybridized carbons (Fsp3) is 1.00. The van der Waals surface area contributed by atoms with E-state index in [0.717, 1.165) is 6.04 Å². The maximum atomic E-state index is 6.36. The van der Waals surface area contributed by atoms with Crippen molar-refractivity contribution < 1.29 is 0 Å². The van der Waals surface area contributed by atoms with Gasteiger partial charge in [0.1, 0.15) is 0 Å². The number of nitrogens with two attached hydrogens (primary N) is 1. The molecule has 0 bridgehead atoms. The highest BCUT2D eigenvalue weighted by Crippen LogP contribution is 2.32. The van der Waals surface area contributed by atoms with Crippen LogP contribution in [0.4, 0.5) is 0 Å². The summed E-state index contributed by atoms with van der Waals surface area (Å²) in [7, 11) is 0. The standard InChI is InChI=1S/C12H24N2/c1-2-14(11-5-6-11)10-9-12(13)7-3-4-8-12/h11H,2-10,13H2,1H3. The van der Waals surface area contributed by atoms with Crippen molar-refractivity contribution in [2.45, 2.75) is 63.5 Å². The molecule has 2 saturated carbocycles. The van der Waals surface area contributed by atoms with Crippen LogP contribution in [0.1, 0.15) is 51.9 Å². The normalized spacial score (nSPS) is 25.9. The van der Waals surface area contributed by atoms with Crippen LogP contribution < -0.4 is 5.73 Å². The molecule has 0 aromatic rings. The fourth-order valence-electron chi connectivity index (χ4n) is 2.73. The first kappa shape index (κ1) is 10.4. The first-order valence-corrected chi connectivity index (χ1v) is 6.26. The molecular weight excluding hydrogens is 172 g/mol. The molecule has 0 aliphatic heterocycles. The van der Waals surface area contributed by atoms with Crippen molar-refractivity contribution in [3.8, 4) is 0 Å². The predicted molar refractivity (Wildman–Crippen MR) is 60.3 cm³/mol. The summed E-state index contributed by atoms with van der Waals surface area (Å²) >= 11 is 0. The first-order valence-electron chi connectivity index (χ1n) is 6.26. The SMILES string of the molecule is CCN(CCC1(N)CCCC1)C1CC1. The van der Waals surface area contributed by atoms with E-state index in [1.807, 2.05) is 0 Å². The van der Waals surface area contributed by atoms with E-state index in [9.17, 15) is 0 Å². The van der Waals surface area contributed by atoms with Crippen molar-refractivity contribution in [3.05, 3.63) is 0 Å². The molecule has 0 aromatic carbocycles. The predicted octanol–water partition coefficient (Wildman–Crippen LogP) is 2.13. The average molecular weight is 196 g/mol. The Balaban J connectivity index is 1.74. The Kier molecular flexibility index (Phi) is 3.13. The Labute approximate surface area is 87.8 Å². The molecule has 0 spiro atoms. The highest BCUT2D eigenvalue weighted by atomic mass is 15.2. The van der Waals surface area contributed by atoms with Gasteiger partial charge in [-0.25, -0.2) is 0 Å². The van der Waals surface area contributed by atoms with Gasteiger partial charge in [-0.1, -0.05) is 19.8 Å². The van der Waals surface area contributed by atoms with Gasteiger partial charge in [-0.05, 0) is 38.6 Å². The zero-order chi connectivity index (χ0) is 10.0. The van der Waals surface area contributed by atoms with Crippen LogP contribution in [-0.4, -0.2) is 29.6 Å². The lowest BCUT2D eigenvalue weighted by molar-refractivity contribution is 0.240. The molecule has 0 radical (unpaired) electrons. The minimum absolute atomic E-state index is 0.197. The van der Waals surface area contributed by atoms with Crippen molar-refractivity contribution >= 4 is 0 Å². The molecule has 82 valence electrons. The van der Waals surface area contributed by atoms with Gasteiger partial charge in [0, 0.05) is 18.1 Å². The molecule has 2 N–H and O–H groups in total. The Morgan fingerprint density at radius 2 is 1.93 bits per heavy atom. The smallest absolute Gasteiger partial charge is 0.0166 e. The Hall–Kier alpha value is -0.0800. The lowest BCUT2D eigenvalue weighted by atomic mass is 9.94. The van der Waals surface area contributed by atoms with Crippen molar-refractivity contribution in [1.82, 2.24) is 4.90 Å². The molecule has 0 amide bonds. The monoisotopic (exact) mass is 196 g/mol. The molecule has 2 nitrogen and oxygen atoms in total. The topological polar surface area (TPSA) is 29.3 Å². The van der Waals surface area contributed by atoms with Crippen molar-refractivity contribution in [2.24, 2.45) is 5.73 Å². The Bertz CT molecular complexity index is 181. The molecule has 2 aliphatic carbocycles. The molecule has 2 fully saturated rings. The molecule has 0 atom stereocenters. The summed E-state index contributed by atoms with van der Waals surface area (Å²) in [6.45, 7) is 4.72. The Morgan fingerprint density at radius 3 is 2.43 bits per heavy atom. The van der Waals surface area contributed by atoms with Gasteiger partial charge in [0.05, 0.1) is 0 Å². The summed E-state index contributed by atoms with van der Waals surface area (Å²) in [5.74, 6) is 0. The van der Waals surface area contributed by atoms with E-state index in [1.165, 1.54) is 58.0 Å². The maximum Gasteiger partial charge on any atom is 0.0166 e. The molecule has 2 aliphatic rings.